The molecule has 2 heterocycles. The maximum atomic E-state index is 13.3. The fourth-order valence-corrected chi connectivity index (χ4v) is 4.63. The minimum atomic E-state index is -0.516. The van der Waals surface area contributed by atoms with Gasteiger partial charge in [-0.05, 0) is 49.4 Å². The molecule has 0 saturated heterocycles. The van der Waals surface area contributed by atoms with Crippen LogP contribution in [-0.4, -0.2) is 25.9 Å². The first-order valence-electron chi connectivity index (χ1n) is 8.90. The van der Waals surface area contributed by atoms with Gasteiger partial charge < -0.3 is 9.88 Å². The van der Waals surface area contributed by atoms with E-state index < -0.39 is 5.82 Å². The summed E-state index contributed by atoms with van der Waals surface area (Å²) in [5.74, 6) is 0.223. The number of thiophene rings is 1. The number of benzene rings is 1. The van der Waals surface area contributed by atoms with E-state index >= 15 is 0 Å². The Morgan fingerprint density at radius 2 is 2.25 bits per heavy atom. The Balaban J connectivity index is 1.46. The van der Waals surface area contributed by atoms with Crippen molar-refractivity contribution in [1.29, 1.82) is 0 Å². The van der Waals surface area contributed by atoms with Gasteiger partial charge in [0.2, 0.25) is 5.91 Å². The topological polar surface area (TPSA) is 59.8 Å². The van der Waals surface area contributed by atoms with Gasteiger partial charge in [-0.2, -0.15) is 0 Å². The van der Waals surface area contributed by atoms with Crippen molar-refractivity contribution in [2.24, 2.45) is 0 Å². The van der Waals surface area contributed by atoms with Gasteiger partial charge in [0.25, 0.3) is 0 Å². The van der Waals surface area contributed by atoms with E-state index in [4.69, 9.17) is 11.6 Å². The number of carbonyl (C=O) groups excluding carboxylic acids is 1. The first-order valence-corrected chi connectivity index (χ1v) is 11.0. The number of rotatable bonds is 7. The third-order valence-corrected chi connectivity index (χ3v) is 6.62. The number of carbonyl (C=O) groups is 1. The molecule has 4 rings (SSSR count). The van der Waals surface area contributed by atoms with Crippen LogP contribution < -0.4 is 5.32 Å². The van der Waals surface area contributed by atoms with Crippen LogP contribution in [0, 0.1) is 5.82 Å². The minimum Gasteiger partial charge on any atom is -0.325 e. The first-order chi connectivity index (χ1) is 13.5. The molecule has 1 atom stereocenters. The van der Waals surface area contributed by atoms with Crippen molar-refractivity contribution in [1.82, 2.24) is 14.8 Å². The number of aromatic nitrogens is 3. The molecule has 1 N–H and O–H groups in total. The summed E-state index contributed by atoms with van der Waals surface area (Å²) in [7, 11) is 0. The third kappa shape index (κ3) is 4.39. The summed E-state index contributed by atoms with van der Waals surface area (Å²) in [6.07, 6.45) is 2.96. The second-order valence-electron chi connectivity index (χ2n) is 6.63. The van der Waals surface area contributed by atoms with Crippen LogP contribution in [0.2, 0.25) is 5.02 Å². The summed E-state index contributed by atoms with van der Waals surface area (Å²) in [4.78, 5) is 13.8. The summed E-state index contributed by atoms with van der Waals surface area (Å²) < 4.78 is 15.4. The number of nitrogens with zero attached hydrogens (tertiary/aromatic N) is 3. The summed E-state index contributed by atoms with van der Waals surface area (Å²) >= 11 is 8.86. The molecular weight excluding hydrogens is 419 g/mol. The molecule has 2 aromatic heterocycles. The minimum absolute atomic E-state index is 0.0233. The molecule has 5 nitrogen and oxygen atoms in total. The van der Waals surface area contributed by atoms with Crippen molar-refractivity contribution in [3.05, 3.63) is 57.3 Å². The van der Waals surface area contributed by atoms with Gasteiger partial charge in [0.1, 0.15) is 11.6 Å². The number of nitrogens with one attached hydrogen (secondary N) is 1. The number of thioether (sulfide) groups is 1. The second kappa shape index (κ2) is 8.23. The van der Waals surface area contributed by atoms with Crippen LogP contribution in [0.1, 0.15) is 36.5 Å². The Morgan fingerprint density at radius 3 is 2.93 bits per heavy atom. The van der Waals surface area contributed by atoms with Crippen LogP contribution in [-0.2, 0) is 11.2 Å². The van der Waals surface area contributed by atoms with Gasteiger partial charge >= 0.3 is 0 Å². The molecule has 0 radical (unpaired) electrons. The van der Waals surface area contributed by atoms with Crippen molar-refractivity contribution in [2.75, 3.05) is 5.32 Å². The Kier molecular flexibility index (Phi) is 5.70. The predicted molar refractivity (Wildman–Crippen MR) is 111 cm³/mol. The highest BCUT2D eigenvalue weighted by atomic mass is 35.5. The summed E-state index contributed by atoms with van der Waals surface area (Å²) in [6.45, 7) is 1.82. The molecular formula is C19H18ClFN4OS2. The lowest BCUT2D eigenvalue weighted by Gasteiger charge is -2.13. The van der Waals surface area contributed by atoms with Crippen molar-refractivity contribution in [2.45, 2.75) is 42.6 Å². The molecule has 28 heavy (non-hydrogen) atoms. The molecule has 1 aliphatic carbocycles. The van der Waals surface area contributed by atoms with E-state index in [0.29, 0.717) is 11.7 Å². The summed E-state index contributed by atoms with van der Waals surface area (Å²) in [6, 6.07) is 8.66. The lowest BCUT2D eigenvalue weighted by Crippen LogP contribution is -2.23. The van der Waals surface area contributed by atoms with Crippen molar-refractivity contribution in [3.63, 3.8) is 0 Å². The van der Waals surface area contributed by atoms with E-state index in [1.807, 2.05) is 13.0 Å². The zero-order valence-electron chi connectivity index (χ0n) is 15.1. The summed E-state index contributed by atoms with van der Waals surface area (Å²) in [5.41, 5.74) is 0.464. The van der Waals surface area contributed by atoms with Crippen LogP contribution in [0.5, 0.6) is 0 Å². The Labute approximate surface area is 175 Å². The Bertz CT molecular complexity index is 988. The highest BCUT2D eigenvalue weighted by Crippen LogP contribution is 2.40. The summed E-state index contributed by atoms with van der Waals surface area (Å²) in [5, 5.41) is 13.9. The quantitative estimate of drug-likeness (QED) is 0.518. The van der Waals surface area contributed by atoms with E-state index in [9.17, 15) is 9.18 Å². The fraction of sp³-hybridized carbons (Fsp3) is 0.316. The van der Waals surface area contributed by atoms with Crippen molar-refractivity contribution >= 4 is 46.3 Å². The molecule has 9 heteroatoms. The predicted octanol–water partition coefficient (Wildman–Crippen LogP) is 5.18. The van der Waals surface area contributed by atoms with Crippen LogP contribution in [0.4, 0.5) is 10.1 Å². The maximum absolute atomic E-state index is 13.3. The molecule has 1 saturated carbocycles. The van der Waals surface area contributed by atoms with Gasteiger partial charge in [0.15, 0.2) is 5.16 Å². The molecule has 1 aromatic carbocycles. The SMILES string of the molecule is C[C@H](Sc1nnc(Cc2cccs2)n1C1CC1)C(=O)Nc1ccc(F)c(Cl)c1. The smallest absolute Gasteiger partial charge is 0.237 e. The standard InChI is InChI=1S/C19H18ClFN4OS2/c1-11(18(26)22-12-4-7-16(21)15(20)9-12)28-19-24-23-17(25(19)13-5-6-13)10-14-3-2-8-27-14/h2-4,7-9,11,13H,5-6,10H2,1H3,(H,22,26)/t11-/m0/s1. The average molecular weight is 437 g/mol. The van der Waals surface area contributed by atoms with Gasteiger partial charge in [-0.15, -0.1) is 21.5 Å². The lowest BCUT2D eigenvalue weighted by molar-refractivity contribution is -0.115. The van der Waals surface area contributed by atoms with Gasteiger partial charge in [-0.25, -0.2) is 4.39 Å². The van der Waals surface area contributed by atoms with E-state index in [1.165, 1.54) is 34.8 Å². The zero-order valence-corrected chi connectivity index (χ0v) is 17.5. The van der Waals surface area contributed by atoms with Gasteiger partial charge in [0, 0.05) is 23.0 Å². The highest BCUT2D eigenvalue weighted by Gasteiger charge is 2.31. The number of hydrogen-bond acceptors (Lipinski definition) is 5. The zero-order chi connectivity index (χ0) is 19.7. The molecule has 146 valence electrons. The maximum Gasteiger partial charge on any atom is 0.237 e. The molecule has 3 aromatic rings. The van der Waals surface area contributed by atoms with Crippen LogP contribution in [0.25, 0.3) is 0 Å². The molecule has 0 bridgehead atoms. The number of amides is 1. The lowest BCUT2D eigenvalue weighted by atomic mass is 10.3. The van der Waals surface area contributed by atoms with E-state index in [2.05, 4.69) is 31.5 Å². The molecule has 1 fully saturated rings. The number of hydrogen-bond donors (Lipinski definition) is 1. The molecule has 0 unspecified atom stereocenters. The number of anilines is 1. The number of halogens is 2. The molecule has 1 amide bonds. The van der Waals surface area contributed by atoms with Crippen LogP contribution in [0.15, 0.2) is 40.9 Å². The third-order valence-electron chi connectivity index (χ3n) is 4.40. The van der Waals surface area contributed by atoms with E-state index in [0.717, 1.165) is 30.2 Å². The Morgan fingerprint density at radius 1 is 1.43 bits per heavy atom. The molecule has 0 spiro atoms. The largest absolute Gasteiger partial charge is 0.325 e. The van der Waals surface area contributed by atoms with Crippen LogP contribution in [0.3, 0.4) is 0 Å². The van der Waals surface area contributed by atoms with Gasteiger partial charge in [-0.3, -0.25) is 4.79 Å². The second-order valence-corrected chi connectivity index (χ2v) is 9.38. The van der Waals surface area contributed by atoms with Gasteiger partial charge in [0.05, 0.1) is 10.3 Å². The van der Waals surface area contributed by atoms with Crippen LogP contribution >= 0.6 is 34.7 Å². The van der Waals surface area contributed by atoms with Crippen molar-refractivity contribution < 1.29 is 9.18 Å². The van der Waals surface area contributed by atoms with Crippen molar-refractivity contribution in [3.8, 4) is 0 Å². The monoisotopic (exact) mass is 436 g/mol. The van der Waals surface area contributed by atoms with Gasteiger partial charge in [-0.1, -0.05) is 29.4 Å². The van der Waals surface area contributed by atoms with E-state index in [1.54, 1.807) is 11.3 Å². The van der Waals surface area contributed by atoms with E-state index in [-0.39, 0.29) is 16.2 Å². The molecule has 1 aliphatic rings. The molecule has 0 aliphatic heterocycles. The highest BCUT2D eigenvalue weighted by molar-refractivity contribution is 8.00. The fourth-order valence-electron chi connectivity index (χ4n) is 2.81. The average Bonchev–Trinajstić information content (AvgIpc) is 3.22. The Hall–Kier alpha value is -1.90. The first kappa shape index (κ1) is 19.4. The normalized spacial score (nSPS) is 14.8.